The van der Waals surface area contributed by atoms with Crippen molar-refractivity contribution < 1.29 is 9.21 Å². The number of aromatic nitrogens is 2. The third-order valence-electron chi connectivity index (χ3n) is 2.69. The van der Waals surface area contributed by atoms with Crippen LogP contribution in [0.5, 0.6) is 0 Å². The van der Waals surface area contributed by atoms with Gasteiger partial charge in [0.05, 0.1) is 18.7 Å². The molecular formula is C14H18N4O2. The quantitative estimate of drug-likeness (QED) is 0.840. The molecule has 0 radical (unpaired) electrons. The van der Waals surface area contributed by atoms with Gasteiger partial charge in [-0.2, -0.15) is 0 Å². The van der Waals surface area contributed by atoms with Crippen LogP contribution in [0.1, 0.15) is 30.1 Å². The smallest absolute Gasteiger partial charge is 0.271 e. The van der Waals surface area contributed by atoms with Gasteiger partial charge in [-0.15, -0.1) is 0 Å². The number of rotatable bonds is 6. The van der Waals surface area contributed by atoms with E-state index in [1.165, 1.54) is 6.20 Å². The molecule has 0 fully saturated rings. The minimum atomic E-state index is -0.240. The van der Waals surface area contributed by atoms with Gasteiger partial charge in [-0.25, -0.2) is 4.98 Å². The van der Waals surface area contributed by atoms with E-state index in [-0.39, 0.29) is 11.9 Å². The van der Waals surface area contributed by atoms with E-state index in [4.69, 9.17) is 4.42 Å². The van der Waals surface area contributed by atoms with Crippen molar-refractivity contribution in [3.8, 4) is 0 Å². The lowest BCUT2D eigenvalue weighted by atomic mass is 10.2. The largest absolute Gasteiger partial charge is 0.469 e. The minimum Gasteiger partial charge on any atom is -0.469 e. The van der Waals surface area contributed by atoms with Crippen LogP contribution >= 0.6 is 0 Å². The topological polar surface area (TPSA) is 80.0 Å². The van der Waals surface area contributed by atoms with E-state index in [9.17, 15) is 4.79 Å². The van der Waals surface area contributed by atoms with Gasteiger partial charge in [-0.05, 0) is 26.0 Å². The predicted molar refractivity (Wildman–Crippen MR) is 75.5 cm³/mol. The fourth-order valence-electron chi connectivity index (χ4n) is 1.82. The molecule has 0 saturated heterocycles. The number of carbonyl (C=O) groups excluding carboxylic acids is 1. The van der Waals surface area contributed by atoms with Crippen LogP contribution < -0.4 is 10.6 Å². The molecular weight excluding hydrogens is 256 g/mol. The average molecular weight is 274 g/mol. The third kappa shape index (κ3) is 3.81. The second-order valence-electron chi connectivity index (χ2n) is 4.48. The Bertz CT molecular complexity index is 554. The fraction of sp³-hybridized carbons (Fsp3) is 0.357. The van der Waals surface area contributed by atoms with Crippen LogP contribution in [0.3, 0.4) is 0 Å². The van der Waals surface area contributed by atoms with Gasteiger partial charge in [-0.1, -0.05) is 0 Å². The summed E-state index contributed by atoms with van der Waals surface area (Å²) >= 11 is 0. The number of furan rings is 1. The Hall–Kier alpha value is -2.37. The summed E-state index contributed by atoms with van der Waals surface area (Å²) in [7, 11) is 0. The predicted octanol–water partition coefficient (Wildman–Crippen LogP) is 1.86. The summed E-state index contributed by atoms with van der Waals surface area (Å²) in [4.78, 5) is 20.3. The highest BCUT2D eigenvalue weighted by Gasteiger charge is 2.13. The summed E-state index contributed by atoms with van der Waals surface area (Å²) in [6, 6.07) is 3.67. The maximum atomic E-state index is 12.1. The van der Waals surface area contributed by atoms with Gasteiger partial charge in [0.1, 0.15) is 17.3 Å². The number of nitrogens with zero attached hydrogens (tertiary/aromatic N) is 2. The number of hydrogen-bond acceptors (Lipinski definition) is 5. The van der Waals surface area contributed by atoms with Gasteiger partial charge < -0.3 is 15.1 Å². The second kappa shape index (κ2) is 6.70. The summed E-state index contributed by atoms with van der Waals surface area (Å²) in [6.45, 7) is 4.61. The van der Waals surface area contributed by atoms with Crippen molar-refractivity contribution in [1.82, 2.24) is 15.3 Å². The number of anilines is 1. The zero-order valence-corrected chi connectivity index (χ0v) is 11.6. The monoisotopic (exact) mass is 274 g/mol. The average Bonchev–Trinajstić information content (AvgIpc) is 2.92. The van der Waals surface area contributed by atoms with Crippen LogP contribution in [0.15, 0.2) is 35.2 Å². The van der Waals surface area contributed by atoms with Gasteiger partial charge in [0, 0.05) is 19.0 Å². The molecule has 0 bridgehead atoms. The van der Waals surface area contributed by atoms with Gasteiger partial charge in [0.15, 0.2) is 0 Å². The maximum absolute atomic E-state index is 12.1. The molecule has 20 heavy (non-hydrogen) atoms. The van der Waals surface area contributed by atoms with Crippen molar-refractivity contribution in [1.29, 1.82) is 0 Å². The highest BCUT2D eigenvalue weighted by atomic mass is 16.3. The summed E-state index contributed by atoms with van der Waals surface area (Å²) in [5.41, 5.74) is 0.301. The van der Waals surface area contributed by atoms with E-state index < -0.39 is 0 Å². The molecule has 2 rings (SSSR count). The molecule has 1 amide bonds. The van der Waals surface area contributed by atoms with Crippen LogP contribution in [0, 0.1) is 0 Å². The standard InChI is InChI=1S/C14H18N4O2/c1-3-16-13-9-15-8-12(18-13)14(19)17-10(2)7-11-5-4-6-20-11/h4-6,8-10H,3,7H2,1-2H3,(H,16,18)(H,17,19). The van der Waals surface area contributed by atoms with Crippen molar-refractivity contribution in [2.24, 2.45) is 0 Å². The fourth-order valence-corrected chi connectivity index (χ4v) is 1.82. The van der Waals surface area contributed by atoms with Crippen molar-refractivity contribution in [3.63, 3.8) is 0 Å². The lowest BCUT2D eigenvalue weighted by Crippen LogP contribution is -2.34. The first kappa shape index (κ1) is 14.0. The Morgan fingerprint density at radius 1 is 1.45 bits per heavy atom. The molecule has 6 heteroatoms. The zero-order valence-electron chi connectivity index (χ0n) is 11.6. The molecule has 0 spiro atoms. The molecule has 1 atom stereocenters. The molecule has 2 aromatic rings. The highest BCUT2D eigenvalue weighted by Crippen LogP contribution is 2.06. The molecule has 106 valence electrons. The van der Waals surface area contributed by atoms with Crippen LogP contribution in [-0.2, 0) is 6.42 Å². The first-order valence-corrected chi connectivity index (χ1v) is 6.58. The summed E-state index contributed by atoms with van der Waals surface area (Å²) in [6.07, 6.45) is 5.30. The van der Waals surface area contributed by atoms with E-state index in [1.807, 2.05) is 26.0 Å². The van der Waals surface area contributed by atoms with E-state index in [1.54, 1.807) is 12.5 Å². The first-order chi connectivity index (χ1) is 9.69. The summed E-state index contributed by atoms with van der Waals surface area (Å²) in [5, 5.41) is 5.90. The van der Waals surface area contributed by atoms with E-state index in [2.05, 4.69) is 20.6 Å². The molecule has 0 aliphatic heterocycles. The molecule has 2 aromatic heterocycles. The minimum absolute atomic E-state index is 0.0433. The second-order valence-corrected chi connectivity index (χ2v) is 4.48. The molecule has 0 aliphatic carbocycles. The van der Waals surface area contributed by atoms with Gasteiger partial charge in [0.2, 0.25) is 0 Å². The van der Waals surface area contributed by atoms with Gasteiger partial charge in [0.25, 0.3) is 5.91 Å². The first-order valence-electron chi connectivity index (χ1n) is 6.58. The molecule has 6 nitrogen and oxygen atoms in total. The van der Waals surface area contributed by atoms with Crippen molar-refractivity contribution in [2.75, 3.05) is 11.9 Å². The number of carbonyl (C=O) groups is 1. The van der Waals surface area contributed by atoms with E-state index >= 15 is 0 Å². The van der Waals surface area contributed by atoms with E-state index in [0.29, 0.717) is 17.9 Å². The Morgan fingerprint density at radius 3 is 3.00 bits per heavy atom. The molecule has 0 aliphatic rings. The molecule has 2 heterocycles. The Kier molecular flexibility index (Phi) is 4.70. The lowest BCUT2D eigenvalue weighted by Gasteiger charge is -2.12. The maximum Gasteiger partial charge on any atom is 0.271 e. The summed E-state index contributed by atoms with van der Waals surface area (Å²) in [5.74, 6) is 1.19. The highest BCUT2D eigenvalue weighted by molar-refractivity contribution is 5.92. The molecule has 0 aromatic carbocycles. The Morgan fingerprint density at radius 2 is 2.30 bits per heavy atom. The Labute approximate surface area is 117 Å². The van der Waals surface area contributed by atoms with Crippen LogP contribution in [0.4, 0.5) is 5.82 Å². The third-order valence-corrected chi connectivity index (χ3v) is 2.69. The lowest BCUT2D eigenvalue weighted by molar-refractivity contribution is 0.0934. The summed E-state index contributed by atoms with van der Waals surface area (Å²) < 4.78 is 5.25. The number of hydrogen-bond donors (Lipinski definition) is 2. The number of nitrogens with one attached hydrogen (secondary N) is 2. The van der Waals surface area contributed by atoms with Gasteiger partial charge >= 0.3 is 0 Å². The number of amides is 1. The molecule has 0 saturated carbocycles. The Balaban J connectivity index is 1.95. The normalized spacial score (nSPS) is 11.9. The van der Waals surface area contributed by atoms with Crippen molar-refractivity contribution >= 4 is 11.7 Å². The SMILES string of the molecule is CCNc1cncc(C(=O)NC(C)Cc2ccco2)n1. The van der Waals surface area contributed by atoms with Crippen LogP contribution in [0.25, 0.3) is 0 Å². The zero-order chi connectivity index (χ0) is 14.4. The van der Waals surface area contributed by atoms with Crippen LogP contribution in [0.2, 0.25) is 0 Å². The van der Waals surface area contributed by atoms with Crippen LogP contribution in [-0.4, -0.2) is 28.5 Å². The molecule has 1 unspecified atom stereocenters. The van der Waals surface area contributed by atoms with Crippen molar-refractivity contribution in [2.45, 2.75) is 26.3 Å². The molecule has 2 N–H and O–H groups in total. The van der Waals surface area contributed by atoms with Crippen molar-refractivity contribution in [3.05, 3.63) is 42.2 Å². The van der Waals surface area contributed by atoms with Gasteiger partial charge in [-0.3, -0.25) is 9.78 Å². The van der Waals surface area contributed by atoms with E-state index in [0.717, 1.165) is 12.3 Å².